The van der Waals surface area contributed by atoms with Gasteiger partial charge in [-0.25, -0.2) is 9.59 Å². The Bertz CT molecular complexity index is 925. The average Bonchev–Trinajstić information content (AvgIpc) is 3.35. The highest BCUT2D eigenvalue weighted by atomic mass is 16.8. The van der Waals surface area contributed by atoms with Crippen LogP contribution in [0.1, 0.15) is 34.1 Å². The Hall–Kier alpha value is -1.75. The molecule has 10 nitrogen and oxygen atoms in total. The maximum Gasteiger partial charge on any atom is 0.343 e. The van der Waals surface area contributed by atoms with Crippen LogP contribution in [0.25, 0.3) is 0 Å². The minimum absolute atomic E-state index is 0.229. The van der Waals surface area contributed by atoms with E-state index in [9.17, 15) is 29.7 Å². The van der Waals surface area contributed by atoms with Crippen molar-refractivity contribution in [2.45, 2.75) is 76.0 Å². The Morgan fingerprint density at radius 3 is 2.33 bits per heavy atom. The number of fused-ring (bicyclic) bond motifs is 1. The van der Waals surface area contributed by atoms with Gasteiger partial charge in [0.05, 0.1) is 16.7 Å². The Morgan fingerprint density at radius 1 is 1.03 bits per heavy atom. The van der Waals surface area contributed by atoms with E-state index in [0.717, 1.165) is 0 Å². The lowest BCUT2D eigenvalue weighted by Gasteiger charge is -2.47. The Kier molecular flexibility index (Phi) is 2.97. The van der Waals surface area contributed by atoms with Crippen LogP contribution < -0.4 is 0 Å². The second kappa shape index (κ2) is 4.69. The first kappa shape index (κ1) is 19.0. The molecule has 4 aliphatic heterocycles. The number of aliphatic hydroxyl groups excluding tert-OH is 2. The van der Waals surface area contributed by atoms with Crippen LogP contribution in [0.3, 0.4) is 0 Å². The van der Waals surface area contributed by atoms with Gasteiger partial charge in [0.25, 0.3) is 0 Å². The van der Waals surface area contributed by atoms with Crippen LogP contribution in [0.2, 0.25) is 0 Å². The summed E-state index contributed by atoms with van der Waals surface area (Å²) in [6.07, 6.45) is -6.91. The molecular weight excluding hydrogens is 400 g/mol. The van der Waals surface area contributed by atoms with Gasteiger partial charge in [-0.05, 0) is 24.7 Å². The molecule has 10 heteroatoms. The molecule has 3 N–H and O–H groups in total. The molecule has 2 spiro atoms. The topological polar surface area (TPSA) is 149 Å². The third-order valence-electron chi connectivity index (χ3n) is 9.00. The predicted octanol–water partition coefficient (Wildman–Crippen LogP) is -1.37. The SMILES string of the molecule is C[C@@H]1C(=O)O[C@@H]2[C@H](O)[C@@]34[C@H]5C[C@@H](C(C)(C)C)[C@@]36[C@@H](OC(=O)[C@@H]6O)O[C@@]4(C(=O)O5)[C@@]12O. The van der Waals surface area contributed by atoms with Crippen molar-refractivity contribution in [3.8, 4) is 0 Å². The lowest BCUT2D eigenvalue weighted by molar-refractivity contribution is -0.239. The summed E-state index contributed by atoms with van der Waals surface area (Å²) in [5.41, 5.74) is -8.26. The molecule has 4 heterocycles. The van der Waals surface area contributed by atoms with Crippen LogP contribution in [-0.2, 0) is 33.3 Å². The lowest BCUT2D eigenvalue weighted by atomic mass is 9.51. The molecule has 0 aromatic rings. The summed E-state index contributed by atoms with van der Waals surface area (Å²) in [5, 5.41) is 34.7. The third kappa shape index (κ3) is 1.33. The first-order valence-electron chi connectivity index (χ1n) is 10.2. The number of ether oxygens (including phenoxy) is 4. The molecule has 0 bridgehead atoms. The molecule has 0 aromatic heterocycles. The Labute approximate surface area is 171 Å². The van der Waals surface area contributed by atoms with E-state index < -0.39 is 87.9 Å². The number of hydrogen-bond acceptors (Lipinski definition) is 10. The largest absolute Gasteiger partial charge is 0.459 e. The van der Waals surface area contributed by atoms with Crippen molar-refractivity contribution in [3.05, 3.63) is 0 Å². The van der Waals surface area contributed by atoms with Gasteiger partial charge in [0.1, 0.15) is 12.2 Å². The monoisotopic (exact) mass is 424 g/mol. The lowest BCUT2D eigenvalue weighted by Crippen LogP contribution is -2.67. The van der Waals surface area contributed by atoms with E-state index in [4.69, 9.17) is 18.9 Å². The minimum Gasteiger partial charge on any atom is -0.459 e. The fraction of sp³-hybridized carbons (Fsp3) is 0.850. The standard InChI is InChI=1S/C20H24O10/c1-6-12(23)28-11-9(21)18-8-5-7(16(2,3)4)17(18)10(22)13(24)29-15(17)30-20(18,14(25)27-8)19(6,11)26/h6-11,15,21-22,26H,5H2,1-4H3/t6-,7+,8-,9+,10+,11-,15+,17-,18+,19-,20-/m1/s1. The minimum atomic E-state index is -2.24. The number of esters is 3. The van der Waals surface area contributed by atoms with Gasteiger partial charge in [0.15, 0.2) is 17.8 Å². The number of carbonyl (C=O) groups excluding carboxylic acids is 3. The van der Waals surface area contributed by atoms with E-state index >= 15 is 0 Å². The summed E-state index contributed by atoms with van der Waals surface area (Å²) >= 11 is 0. The van der Waals surface area contributed by atoms with Crippen LogP contribution in [0.4, 0.5) is 0 Å². The second-order valence-corrected chi connectivity index (χ2v) is 10.7. The van der Waals surface area contributed by atoms with Crippen LogP contribution in [-0.4, -0.2) is 75.1 Å². The van der Waals surface area contributed by atoms with Crippen LogP contribution in [0, 0.1) is 28.1 Å². The summed E-state index contributed by atoms with van der Waals surface area (Å²) in [6, 6.07) is 0. The first-order chi connectivity index (χ1) is 13.8. The maximum atomic E-state index is 13.4. The van der Waals surface area contributed by atoms with Crippen molar-refractivity contribution in [2.75, 3.05) is 0 Å². The van der Waals surface area contributed by atoms with Crippen molar-refractivity contribution in [1.29, 1.82) is 0 Å². The van der Waals surface area contributed by atoms with Gasteiger partial charge in [0, 0.05) is 0 Å². The molecule has 2 saturated carbocycles. The molecule has 4 saturated heterocycles. The Morgan fingerprint density at radius 2 is 1.70 bits per heavy atom. The first-order valence-corrected chi connectivity index (χ1v) is 10.2. The van der Waals surface area contributed by atoms with E-state index in [1.165, 1.54) is 6.92 Å². The summed E-state index contributed by atoms with van der Waals surface area (Å²) in [6.45, 7) is 7.14. The van der Waals surface area contributed by atoms with Crippen molar-refractivity contribution < 1.29 is 48.7 Å². The molecule has 2 aliphatic carbocycles. The molecule has 0 radical (unpaired) electrons. The fourth-order valence-corrected chi connectivity index (χ4v) is 8.12. The van der Waals surface area contributed by atoms with Gasteiger partial charge in [-0.2, -0.15) is 0 Å². The number of hydrogen-bond donors (Lipinski definition) is 3. The smallest absolute Gasteiger partial charge is 0.343 e. The van der Waals surface area contributed by atoms with Gasteiger partial charge in [0.2, 0.25) is 11.9 Å². The zero-order valence-corrected chi connectivity index (χ0v) is 16.9. The molecule has 6 rings (SSSR count). The molecule has 0 amide bonds. The van der Waals surface area contributed by atoms with E-state index in [1.54, 1.807) is 0 Å². The van der Waals surface area contributed by atoms with Gasteiger partial charge in [-0.3, -0.25) is 4.79 Å². The molecule has 0 unspecified atom stereocenters. The summed E-state index contributed by atoms with van der Waals surface area (Å²) in [4.78, 5) is 38.2. The molecule has 0 aromatic carbocycles. The molecule has 6 aliphatic rings. The molecular formula is C20H24O10. The van der Waals surface area contributed by atoms with Crippen molar-refractivity contribution in [2.24, 2.45) is 28.1 Å². The summed E-state index contributed by atoms with van der Waals surface area (Å²) < 4.78 is 22.5. The highest BCUT2D eigenvalue weighted by Gasteiger charge is 3.03. The summed E-state index contributed by atoms with van der Waals surface area (Å²) in [7, 11) is 0. The predicted molar refractivity (Wildman–Crippen MR) is 92.0 cm³/mol. The zero-order chi connectivity index (χ0) is 21.8. The number of carbonyl (C=O) groups is 3. The number of rotatable bonds is 0. The highest BCUT2D eigenvalue weighted by molar-refractivity contribution is 5.94. The zero-order valence-electron chi connectivity index (χ0n) is 16.9. The normalized spacial score (nSPS) is 60.1. The molecule has 30 heavy (non-hydrogen) atoms. The van der Waals surface area contributed by atoms with E-state index in [2.05, 4.69) is 0 Å². The van der Waals surface area contributed by atoms with E-state index in [1.807, 2.05) is 20.8 Å². The molecule has 11 atom stereocenters. The van der Waals surface area contributed by atoms with E-state index in [0.29, 0.717) is 0 Å². The van der Waals surface area contributed by atoms with Gasteiger partial charge >= 0.3 is 17.9 Å². The van der Waals surface area contributed by atoms with Crippen molar-refractivity contribution >= 4 is 17.9 Å². The summed E-state index contributed by atoms with van der Waals surface area (Å²) in [5.74, 6) is -4.32. The number of aliphatic hydroxyl groups is 3. The van der Waals surface area contributed by atoms with Gasteiger partial charge in [-0.1, -0.05) is 20.8 Å². The van der Waals surface area contributed by atoms with Crippen LogP contribution in [0.15, 0.2) is 0 Å². The molecule has 6 fully saturated rings. The maximum absolute atomic E-state index is 13.4. The third-order valence-corrected chi connectivity index (χ3v) is 9.00. The Balaban J connectivity index is 1.72. The van der Waals surface area contributed by atoms with E-state index in [-0.39, 0.29) is 6.42 Å². The van der Waals surface area contributed by atoms with Crippen molar-refractivity contribution in [3.63, 3.8) is 0 Å². The van der Waals surface area contributed by atoms with Gasteiger partial charge < -0.3 is 34.3 Å². The van der Waals surface area contributed by atoms with Crippen molar-refractivity contribution in [1.82, 2.24) is 0 Å². The van der Waals surface area contributed by atoms with Gasteiger partial charge in [-0.15, -0.1) is 0 Å². The average molecular weight is 424 g/mol. The van der Waals surface area contributed by atoms with Crippen LogP contribution >= 0.6 is 0 Å². The fourth-order valence-electron chi connectivity index (χ4n) is 8.12. The second-order valence-electron chi connectivity index (χ2n) is 10.7. The molecule has 164 valence electrons. The quantitative estimate of drug-likeness (QED) is 0.314. The van der Waals surface area contributed by atoms with Crippen LogP contribution in [0.5, 0.6) is 0 Å². The highest BCUT2D eigenvalue weighted by Crippen LogP contribution is 2.84.